The maximum absolute atomic E-state index is 15.0. The van der Waals surface area contributed by atoms with Crippen molar-refractivity contribution in [1.82, 2.24) is 10.6 Å². The molecule has 2 N–H and O–H groups in total. The molecule has 362 valence electrons. The molecular weight excluding hydrogens is 781 g/mol. The van der Waals surface area contributed by atoms with Crippen LogP contribution in [0.4, 0.5) is 0 Å². The molecule has 0 aliphatic carbocycles. The summed E-state index contributed by atoms with van der Waals surface area (Å²) in [5.74, 6) is -5.54. The first-order valence-corrected chi connectivity index (χ1v) is 25.6. The van der Waals surface area contributed by atoms with Crippen LogP contribution < -0.4 is 10.6 Å². The highest BCUT2D eigenvalue weighted by Crippen LogP contribution is 2.41. The molecule has 2 fully saturated rings. The molecule has 0 aromatic heterocycles. The molecule has 2 aliphatic rings. The summed E-state index contributed by atoms with van der Waals surface area (Å²) in [6.07, 6.45) is 25.6. The monoisotopic (exact) mass is 877 g/mol. The van der Waals surface area contributed by atoms with Crippen LogP contribution in [0.25, 0.3) is 0 Å². The summed E-state index contributed by atoms with van der Waals surface area (Å²) in [6.45, 7) is 22.6. The number of hydrogen-bond donors (Lipinski definition) is 2. The summed E-state index contributed by atoms with van der Waals surface area (Å²) in [6, 6.07) is 0. The lowest BCUT2D eigenvalue weighted by molar-refractivity contribution is -0.200. The average molecular weight is 877 g/mol. The summed E-state index contributed by atoms with van der Waals surface area (Å²) in [7, 11) is 0. The molecule has 0 saturated carbocycles. The standard InChI is InChI=1S/C52H96N2O8/c1-12-15-17-19-21-23-25-27-29-31-33-35-59-45(56)52(47(58)62-42-39-50(8,9)54-51(10,11)40-42,46(57)60-36-34-32-30-28-26-24-22-20-18-16-13-2)43(14-3)44(55)61-41-37-48(4,5)53-49(6,7)38-41/h41-43,53-54H,12-40H2,1-11H3. The van der Waals surface area contributed by atoms with Gasteiger partial charge in [-0.1, -0.05) is 149 Å². The van der Waals surface area contributed by atoms with Gasteiger partial charge < -0.3 is 29.6 Å². The summed E-state index contributed by atoms with van der Waals surface area (Å²) in [4.78, 5) is 59.2. The number of ether oxygens (including phenoxy) is 4. The summed E-state index contributed by atoms with van der Waals surface area (Å²) >= 11 is 0. The Balaban J connectivity index is 2.34. The third-order valence-corrected chi connectivity index (χ3v) is 13.0. The Hall–Kier alpha value is -2.20. The van der Waals surface area contributed by atoms with Gasteiger partial charge in [-0.15, -0.1) is 0 Å². The molecule has 2 rings (SSSR count). The summed E-state index contributed by atoms with van der Waals surface area (Å²) in [5.41, 5.74) is -4.13. The quantitative estimate of drug-likeness (QED) is 0.0292. The molecule has 1 atom stereocenters. The number of hydrogen-bond acceptors (Lipinski definition) is 10. The normalized spacial score (nSPS) is 19.1. The maximum atomic E-state index is 15.0. The summed E-state index contributed by atoms with van der Waals surface area (Å²) in [5, 5.41) is 7.22. The molecule has 0 aromatic carbocycles. The van der Waals surface area contributed by atoms with Gasteiger partial charge in [0, 0.05) is 47.8 Å². The van der Waals surface area contributed by atoms with Gasteiger partial charge in [0.1, 0.15) is 12.2 Å². The Bertz CT molecular complexity index is 1240. The van der Waals surface area contributed by atoms with Crippen LogP contribution >= 0.6 is 0 Å². The van der Waals surface area contributed by atoms with Gasteiger partial charge >= 0.3 is 23.9 Å². The Kier molecular flexibility index (Phi) is 25.2. The van der Waals surface area contributed by atoms with E-state index in [9.17, 15) is 14.4 Å². The zero-order valence-corrected chi connectivity index (χ0v) is 42.0. The Labute approximate surface area is 380 Å². The third-order valence-electron chi connectivity index (χ3n) is 13.0. The van der Waals surface area contributed by atoms with Gasteiger partial charge in [-0.3, -0.25) is 19.2 Å². The Morgan fingerprint density at radius 1 is 0.452 bits per heavy atom. The second kappa shape index (κ2) is 28.0. The average Bonchev–Trinajstić information content (AvgIpc) is 3.14. The molecule has 2 aliphatic heterocycles. The minimum Gasteiger partial charge on any atom is -0.464 e. The van der Waals surface area contributed by atoms with Crippen LogP contribution in [0.1, 0.15) is 250 Å². The zero-order chi connectivity index (χ0) is 46.3. The van der Waals surface area contributed by atoms with E-state index in [-0.39, 0.29) is 30.7 Å². The van der Waals surface area contributed by atoms with Gasteiger partial charge in [0.05, 0.1) is 19.1 Å². The molecule has 2 saturated heterocycles. The van der Waals surface area contributed by atoms with Gasteiger partial charge in [-0.2, -0.15) is 0 Å². The first-order chi connectivity index (χ1) is 29.2. The molecule has 2 heterocycles. The molecule has 0 bridgehead atoms. The lowest BCUT2D eigenvalue weighted by Gasteiger charge is -2.47. The lowest BCUT2D eigenvalue weighted by atomic mass is 9.73. The largest absolute Gasteiger partial charge is 0.464 e. The molecule has 62 heavy (non-hydrogen) atoms. The second-order valence-electron chi connectivity index (χ2n) is 21.8. The van der Waals surface area contributed by atoms with Crippen molar-refractivity contribution in [2.75, 3.05) is 13.2 Å². The van der Waals surface area contributed by atoms with Crippen LogP contribution in [0, 0.1) is 11.3 Å². The smallest absolute Gasteiger partial charge is 0.336 e. The van der Waals surface area contributed by atoms with Crippen molar-refractivity contribution < 1.29 is 38.1 Å². The van der Waals surface area contributed by atoms with E-state index in [2.05, 4.69) is 52.2 Å². The van der Waals surface area contributed by atoms with Gasteiger partial charge in [-0.05, 0) is 74.7 Å². The molecule has 1 unspecified atom stereocenters. The van der Waals surface area contributed by atoms with E-state index in [1.54, 1.807) is 6.92 Å². The van der Waals surface area contributed by atoms with E-state index in [4.69, 9.17) is 18.9 Å². The fraction of sp³-hybridized carbons (Fsp3) is 0.923. The molecule has 0 radical (unpaired) electrons. The Morgan fingerprint density at radius 3 is 1.05 bits per heavy atom. The topological polar surface area (TPSA) is 129 Å². The molecule has 0 aromatic rings. The predicted molar refractivity (Wildman–Crippen MR) is 252 cm³/mol. The van der Waals surface area contributed by atoms with Gasteiger partial charge in [0.25, 0.3) is 5.41 Å². The van der Waals surface area contributed by atoms with E-state index in [0.717, 1.165) is 38.5 Å². The SMILES string of the molecule is CCCCCCCCCCCCCOC(=O)C(C(=O)OCCCCCCCCCCCCC)(C(=O)OC1CC(C)(C)NC(C)(C)C1)C(CC)C(=O)OC1CC(C)(C)NC(C)(C)C1. The van der Waals surface area contributed by atoms with Gasteiger partial charge in [0.15, 0.2) is 0 Å². The van der Waals surface area contributed by atoms with Crippen molar-refractivity contribution in [1.29, 1.82) is 0 Å². The fourth-order valence-electron chi connectivity index (χ4n) is 10.5. The van der Waals surface area contributed by atoms with Crippen molar-refractivity contribution >= 4 is 23.9 Å². The van der Waals surface area contributed by atoms with E-state index < -0.39 is 58.5 Å². The molecule has 10 heteroatoms. The number of rotatable bonds is 32. The first-order valence-electron chi connectivity index (χ1n) is 25.6. The maximum Gasteiger partial charge on any atom is 0.336 e. The van der Waals surface area contributed by atoms with Crippen molar-refractivity contribution in [3.8, 4) is 0 Å². The van der Waals surface area contributed by atoms with Crippen molar-refractivity contribution in [3.63, 3.8) is 0 Å². The number of esters is 4. The fourth-order valence-corrected chi connectivity index (χ4v) is 10.5. The van der Waals surface area contributed by atoms with Crippen LogP contribution in [0.15, 0.2) is 0 Å². The molecule has 0 spiro atoms. The third kappa shape index (κ3) is 20.3. The van der Waals surface area contributed by atoms with Gasteiger partial charge in [-0.25, -0.2) is 0 Å². The van der Waals surface area contributed by atoms with Crippen molar-refractivity contribution in [2.45, 2.75) is 284 Å². The highest BCUT2D eigenvalue weighted by Gasteiger charge is 2.66. The number of nitrogens with one attached hydrogen (secondary N) is 2. The lowest BCUT2D eigenvalue weighted by Crippen LogP contribution is -2.62. The zero-order valence-electron chi connectivity index (χ0n) is 42.0. The van der Waals surface area contributed by atoms with Crippen LogP contribution in [0.5, 0.6) is 0 Å². The minimum absolute atomic E-state index is 0.0202. The molecule has 0 amide bonds. The molecular formula is C52H96N2O8. The van der Waals surface area contributed by atoms with Crippen molar-refractivity contribution in [3.05, 3.63) is 0 Å². The van der Waals surface area contributed by atoms with E-state index in [1.807, 2.05) is 27.7 Å². The number of piperidine rings is 2. The molecule has 10 nitrogen and oxygen atoms in total. The van der Waals surface area contributed by atoms with E-state index in [1.165, 1.54) is 89.9 Å². The highest BCUT2D eigenvalue weighted by molar-refractivity contribution is 6.20. The predicted octanol–water partition coefficient (Wildman–Crippen LogP) is 12.4. The van der Waals surface area contributed by atoms with Gasteiger partial charge in [0.2, 0.25) is 0 Å². The number of carbonyl (C=O) groups is 4. The highest BCUT2D eigenvalue weighted by atomic mass is 16.6. The number of unbranched alkanes of at least 4 members (excludes halogenated alkanes) is 20. The van der Waals surface area contributed by atoms with Crippen LogP contribution in [-0.2, 0) is 38.1 Å². The number of carbonyl (C=O) groups excluding carboxylic acids is 4. The van der Waals surface area contributed by atoms with E-state index in [0.29, 0.717) is 38.5 Å². The minimum atomic E-state index is -2.68. The van der Waals surface area contributed by atoms with Crippen molar-refractivity contribution in [2.24, 2.45) is 11.3 Å². The summed E-state index contributed by atoms with van der Waals surface area (Å²) < 4.78 is 24.4. The van der Waals surface area contributed by atoms with E-state index >= 15 is 4.79 Å². The van der Waals surface area contributed by atoms with Crippen LogP contribution in [-0.4, -0.2) is 71.5 Å². The Morgan fingerprint density at radius 2 is 0.742 bits per heavy atom. The first kappa shape index (κ1) is 55.9. The van der Waals surface area contributed by atoms with Crippen LogP contribution in [0.3, 0.4) is 0 Å². The van der Waals surface area contributed by atoms with Crippen LogP contribution in [0.2, 0.25) is 0 Å². The second-order valence-corrected chi connectivity index (χ2v) is 21.8.